The Balaban J connectivity index is 2.67. The Morgan fingerprint density at radius 3 is 2.04 bits per heavy atom. The molecule has 0 saturated carbocycles. The molecule has 0 amide bonds. The molecule has 0 radical (unpaired) electrons. The Bertz CT molecular complexity index is 907. The van der Waals surface area contributed by atoms with Gasteiger partial charge in [0.15, 0.2) is 0 Å². The fourth-order valence-electron chi connectivity index (χ4n) is 2.62. The highest BCUT2D eigenvalue weighted by atomic mass is 15.0. The molecule has 2 aromatic rings. The third-order valence-electron chi connectivity index (χ3n) is 3.87. The zero-order valence-corrected chi connectivity index (χ0v) is 14.4. The van der Waals surface area contributed by atoms with E-state index in [0.29, 0.717) is 11.5 Å². The van der Waals surface area contributed by atoms with Gasteiger partial charge in [-0.1, -0.05) is 55.1 Å². The van der Waals surface area contributed by atoms with Crippen LogP contribution in [0.5, 0.6) is 0 Å². The first-order valence-electron chi connectivity index (χ1n) is 7.78. The number of nitrogens with zero attached hydrogens (tertiary/aromatic N) is 1. The van der Waals surface area contributed by atoms with Crippen molar-refractivity contribution in [3.63, 3.8) is 0 Å². The lowest BCUT2D eigenvalue weighted by Crippen LogP contribution is -2.35. The number of benzene rings is 2. The Kier molecular flexibility index (Phi) is 5.42. The van der Waals surface area contributed by atoms with Crippen LogP contribution in [0.3, 0.4) is 0 Å². The highest BCUT2D eigenvalue weighted by Crippen LogP contribution is 2.15. The fraction of sp³-hybridized carbons (Fsp3) is 0.150. The van der Waals surface area contributed by atoms with E-state index < -0.39 is 0 Å². The largest absolute Gasteiger partial charge is 0.399 e. The third-order valence-corrected chi connectivity index (χ3v) is 3.87. The van der Waals surface area contributed by atoms with E-state index in [2.05, 4.69) is 11.9 Å². The van der Waals surface area contributed by atoms with E-state index in [1.165, 1.54) is 0 Å². The molecule has 0 aliphatic heterocycles. The molecule has 4 heteroatoms. The number of nitrogens with one attached hydrogen (secondary N) is 1. The molecule has 0 spiro atoms. The fourth-order valence-corrected chi connectivity index (χ4v) is 2.62. The number of nitrogens with two attached hydrogens (primary N) is 2. The van der Waals surface area contributed by atoms with Gasteiger partial charge in [-0.05, 0) is 13.8 Å². The van der Waals surface area contributed by atoms with Crippen LogP contribution in [0.25, 0.3) is 17.2 Å². The number of hydrogen-bond donors (Lipinski definition) is 3. The monoisotopic (exact) mass is 320 g/mol. The van der Waals surface area contributed by atoms with Crippen molar-refractivity contribution in [3.8, 4) is 0 Å². The lowest BCUT2D eigenvalue weighted by molar-refractivity contribution is 1.07. The van der Waals surface area contributed by atoms with Crippen LogP contribution in [0, 0.1) is 0 Å². The second-order valence-electron chi connectivity index (χ2n) is 5.56. The highest BCUT2D eigenvalue weighted by molar-refractivity contribution is 6.04. The molecular weight excluding hydrogens is 296 g/mol. The van der Waals surface area contributed by atoms with Crippen molar-refractivity contribution >= 4 is 22.9 Å². The SMILES string of the molecule is C=C(N)c1ccccc1C(C)=N/C(C)=c1\cccc\c1=C(/N)NC. The summed E-state index contributed by atoms with van der Waals surface area (Å²) in [6.07, 6.45) is 0. The van der Waals surface area contributed by atoms with Crippen LogP contribution < -0.4 is 27.2 Å². The number of aliphatic imine (C=N–C) groups is 1. The Morgan fingerprint density at radius 2 is 1.46 bits per heavy atom. The van der Waals surface area contributed by atoms with Gasteiger partial charge in [0.2, 0.25) is 0 Å². The average Bonchev–Trinajstić information content (AvgIpc) is 2.60. The summed E-state index contributed by atoms with van der Waals surface area (Å²) in [5.41, 5.74) is 16.1. The zero-order valence-electron chi connectivity index (χ0n) is 14.4. The number of rotatable bonds is 4. The van der Waals surface area contributed by atoms with E-state index in [1.807, 2.05) is 62.4 Å². The van der Waals surface area contributed by atoms with E-state index in [1.54, 1.807) is 7.05 Å². The van der Waals surface area contributed by atoms with Gasteiger partial charge in [-0.2, -0.15) is 0 Å². The second-order valence-corrected chi connectivity index (χ2v) is 5.56. The summed E-state index contributed by atoms with van der Waals surface area (Å²) in [7, 11) is 1.80. The average molecular weight is 320 g/mol. The molecule has 0 aliphatic rings. The molecule has 0 unspecified atom stereocenters. The summed E-state index contributed by atoms with van der Waals surface area (Å²) in [4.78, 5) is 4.78. The van der Waals surface area contributed by atoms with E-state index in [4.69, 9.17) is 16.5 Å². The maximum absolute atomic E-state index is 6.05. The van der Waals surface area contributed by atoms with Gasteiger partial charge in [0.1, 0.15) is 5.82 Å². The summed E-state index contributed by atoms with van der Waals surface area (Å²) >= 11 is 0. The van der Waals surface area contributed by atoms with Crippen LogP contribution in [-0.2, 0) is 0 Å². The van der Waals surface area contributed by atoms with Crippen molar-refractivity contribution in [2.75, 3.05) is 7.05 Å². The van der Waals surface area contributed by atoms with Gasteiger partial charge in [0, 0.05) is 45.7 Å². The van der Waals surface area contributed by atoms with E-state index in [0.717, 1.165) is 33.0 Å². The maximum Gasteiger partial charge on any atom is 0.104 e. The summed E-state index contributed by atoms with van der Waals surface area (Å²) < 4.78 is 0. The molecule has 0 bridgehead atoms. The van der Waals surface area contributed by atoms with Crippen molar-refractivity contribution in [3.05, 3.63) is 76.7 Å². The van der Waals surface area contributed by atoms with Crippen LogP contribution in [-0.4, -0.2) is 12.8 Å². The first-order valence-corrected chi connectivity index (χ1v) is 7.78. The van der Waals surface area contributed by atoms with Gasteiger partial charge in [-0.25, -0.2) is 0 Å². The quantitative estimate of drug-likeness (QED) is 0.747. The van der Waals surface area contributed by atoms with Crippen molar-refractivity contribution in [2.45, 2.75) is 13.8 Å². The van der Waals surface area contributed by atoms with Crippen LogP contribution in [0.4, 0.5) is 0 Å². The lowest BCUT2D eigenvalue weighted by Gasteiger charge is -2.09. The Labute approximate surface area is 142 Å². The van der Waals surface area contributed by atoms with Gasteiger partial charge < -0.3 is 16.8 Å². The predicted molar refractivity (Wildman–Crippen MR) is 103 cm³/mol. The molecule has 0 aliphatic carbocycles. The summed E-state index contributed by atoms with van der Waals surface area (Å²) in [5, 5.41) is 4.92. The zero-order chi connectivity index (χ0) is 17.7. The molecule has 24 heavy (non-hydrogen) atoms. The minimum atomic E-state index is 0.533. The lowest BCUT2D eigenvalue weighted by atomic mass is 10.0. The summed E-state index contributed by atoms with van der Waals surface area (Å²) in [6, 6.07) is 15.8. The second kappa shape index (κ2) is 7.51. The highest BCUT2D eigenvalue weighted by Gasteiger charge is 2.06. The molecule has 0 fully saturated rings. The molecule has 4 nitrogen and oxygen atoms in total. The van der Waals surface area contributed by atoms with Crippen LogP contribution in [0.1, 0.15) is 25.0 Å². The topological polar surface area (TPSA) is 76.4 Å². The van der Waals surface area contributed by atoms with Crippen molar-refractivity contribution in [1.29, 1.82) is 0 Å². The predicted octanol–water partition coefficient (Wildman–Crippen LogP) is 1.50. The first kappa shape index (κ1) is 17.3. The van der Waals surface area contributed by atoms with Crippen LogP contribution in [0.2, 0.25) is 0 Å². The maximum atomic E-state index is 6.05. The smallest absolute Gasteiger partial charge is 0.104 e. The summed E-state index contributed by atoms with van der Waals surface area (Å²) in [5.74, 6) is 0.619. The van der Waals surface area contributed by atoms with Crippen LogP contribution in [0.15, 0.2) is 60.1 Å². The molecule has 0 heterocycles. The van der Waals surface area contributed by atoms with Gasteiger partial charge in [-0.3, -0.25) is 4.99 Å². The molecule has 2 aromatic carbocycles. The molecule has 2 rings (SSSR count). The standard InChI is InChI=1S/C20H24N4/c1-13(21)16-9-5-6-10-17(16)14(2)24-15(3)18-11-7-8-12-19(18)20(22)23-4/h5-12,23H,1,21-22H2,2-4H3/b18-15+,20-19-,24-14?. The van der Waals surface area contributed by atoms with Gasteiger partial charge in [0.05, 0.1) is 0 Å². The molecule has 5 N–H and O–H groups in total. The van der Waals surface area contributed by atoms with Gasteiger partial charge in [0.25, 0.3) is 0 Å². The minimum Gasteiger partial charge on any atom is -0.399 e. The van der Waals surface area contributed by atoms with Crippen molar-refractivity contribution in [2.24, 2.45) is 16.5 Å². The molecular formula is C20H24N4. The normalized spacial score (nSPS) is 14.0. The molecule has 0 atom stereocenters. The molecule has 124 valence electrons. The Hall–Kier alpha value is -3.01. The minimum absolute atomic E-state index is 0.533. The van der Waals surface area contributed by atoms with Gasteiger partial charge >= 0.3 is 0 Å². The number of hydrogen-bond acceptors (Lipinski definition) is 4. The first-order chi connectivity index (χ1) is 11.5. The molecule has 0 aromatic heterocycles. The van der Waals surface area contributed by atoms with Crippen molar-refractivity contribution < 1.29 is 0 Å². The summed E-state index contributed by atoms with van der Waals surface area (Å²) in [6.45, 7) is 7.79. The van der Waals surface area contributed by atoms with E-state index >= 15 is 0 Å². The molecule has 0 saturated heterocycles. The van der Waals surface area contributed by atoms with E-state index in [9.17, 15) is 0 Å². The van der Waals surface area contributed by atoms with Gasteiger partial charge in [-0.15, -0.1) is 0 Å². The third kappa shape index (κ3) is 3.66. The Morgan fingerprint density at radius 1 is 0.917 bits per heavy atom. The van der Waals surface area contributed by atoms with E-state index in [-0.39, 0.29) is 0 Å². The van der Waals surface area contributed by atoms with Crippen molar-refractivity contribution in [1.82, 2.24) is 5.32 Å². The van der Waals surface area contributed by atoms with Crippen LogP contribution >= 0.6 is 0 Å².